The van der Waals surface area contributed by atoms with Crippen LogP contribution in [-0.4, -0.2) is 29.4 Å². The minimum absolute atomic E-state index is 0.0310. The number of amides is 4. The van der Waals surface area contributed by atoms with Crippen LogP contribution in [0.5, 0.6) is 11.5 Å². The molecule has 1 heterocycles. The van der Waals surface area contributed by atoms with E-state index in [0.29, 0.717) is 11.3 Å². The molecule has 3 rings (SSSR count). The van der Waals surface area contributed by atoms with E-state index in [9.17, 15) is 29.6 Å². The number of hydrogen-bond acceptors (Lipinski definition) is 7. The first-order valence-corrected chi connectivity index (χ1v) is 9.25. The van der Waals surface area contributed by atoms with Crippen molar-refractivity contribution in [3.8, 4) is 11.5 Å². The van der Waals surface area contributed by atoms with Crippen LogP contribution in [-0.2, 0) is 9.59 Å². The van der Waals surface area contributed by atoms with Gasteiger partial charge in [0.1, 0.15) is 11.3 Å². The quantitative estimate of drug-likeness (QED) is 0.336. The number of barbiturate groups is 1. The van der Waals surface area contributed by atoms with Gasteiger partial charge in [-0.3, -0.25) is 25.0 Å². The Labute approximate surface area is 176 Å². The summed E-state index contributed by atoms with van der Waals surface area (Å²) >= 11 is 0. The lowest BCUT2D eigenvalue weighted by Gasteiger charge is -2.28. The van der Waals surface area contributed by atoms with Crippen molar-refractivity contribution in [3.05, 3.63) is 62.7 Å². The van der Waals surface area contributed by atoms with E-state index in [1.54, 1.807) is 32.9 Å². The van der Waals surface area contributed by atoms with Crippen LogP contribution < -0.4 is 20.1 Å². The molecule has 0 aliphatic carbocycles. The molecule has 1 aliphatic rings. The summed E-state index contributed by atoms with van der Waals surface area (Å²) in [5.74, 6) is -3.05. The summed E-state index contributed by atoms with van der Waals surface area (Å²) in [5, 5.41) is 25.5. The van der Waals surface area contributed by atoms with Gasteiger partial charge in [0.05, 0.1) is 17.2 Å². The molecule has 1 saturated heterocycles. The molecule has 0 bridgehead atoms. The zero-order chi connectivity index (χ0) is 22.9. The molecule has 2 aromatic carbocycles. The van der Waals surface area contributed by atoms with Crippen molar-refractivity contribution < 1.29 is 29.2 Å². The number of hydrogen-bond donors (Lipinski definition) is 1. The Kier molecular flexibility index (Phi) is 5.73. The summed E-state index contributed by atoms with van der Waals surface area (Å²) in [6.45, 7) is 5.18. The average molecular weight is 424 g/mol. The number of carbonyl (C=O) groups excluding carboxylic acids is 3. The number of benzene rings is 2. The van der Waals surface area contributed by atoms with Gasteiger partial charge in [0.2, 0.25) is 0 Å². The number of carbonyl (C=O) groups is 3. The Morgan fingerprint density at radius 1 is 1.16 bits per heavy atom. The first kappa shape index (κ1) is 21.5. The van der Waals surface area contributed by atoms with Crippen LogP contribution in [0.25, 0.3) is 6.08 Å². The number of urea groups is 1. The van der Waals surface area contributed by atoms with Gasteiger partial charge >= 0.3 is 6.03 Å². The second kappa shape index (κ2) is 8.27. The van der Waals surface area contributed by atoms with Gasteiger partial charge in [-0.05, 0) is 55.7 Å². The number of imide groups is 2. The maximum Gasteiger partial charge on any atom is 0.335 e. The number of nitrogens with zero attached hydrogens (tertiary/aromatic N) is 2. The van der Waals surface area contributed by atoms with E-state index in [1.807, 2.05) is 6.07 Å². The normalized spacial score (nSPS) is 15.3. The molecule has 0 radical (unpaired) electrons. The molecular formula is C21H18N3O7-. The average Bonchev–Trinajstić information content (AvgIpc) is 2.69. The van der Waals surface area contributed by atoms with Crippen LogP contribution in [0.2, 0.25) is 0 Å². The molecule has 0 aromatic heterocycles. The summed E-state index contributed by atoms with van der Waals surface area (Å²) < 4.78 is 5.15. The molecule has 160 valence electrons. The molecule has 0 unspecified atom stereocenters. The molecule has 0 saturated carbocycles. The van der Waals surface area contributed by atoms with E-state index in [0.717, 1.165) is 22.6 Å². The van der Waals surface area contributed by atoms with Crippen LogP contribution in [0, 0.1) is 24.0 Å². The Morgan fingerprint density at radius 3 is 2.52 bits per heavy atom. The third kappa shape index (κ3) is 4.08. The molecule has 2 aromatic rings. The van der Waals surface area contributed by atoms with Crippen molar-refractivity contribution in [1.29, 1.82) is 0 Å². The smallest absolute Gasteiger partial charge is 0.335 e. The number of anilines is 1. The highest BCUT2D eigenvalue weighted by Crippen LogP contribution is 2.36. The van der Waals surface area contributed by atoms with Crippen LogP contribution >= 0.6 is 0 Å². The van der Waals surface area contributed by atoms with E-state index < -0.39 is 39.8 Å². The fourth-order valence-corrected chi connectivity index (χ4v) is 3.09. The number of ether oxygens (including phenoxy) is 1. The fourth-order valence-electron chi connectivity index (χ4n) is 3.09. The van der Waals surface area contributed by atoms with E-state index in [1.165, 1.54) is 6.07 Å². The van der Waals surface area contributed by atoms with E-state index in [2.05, 4.69) is 5.32 Å². The highest BCUT2D eigenvalue weighted by molar-refractivity contribution is 6.39. The molecular weight excluding hydrogens is 406 g/mol. The largest absolute Gasteiger partial charge is 0.865 e. The minimum atomic E-state index is -0.955. The fraction of sp³-hybridized carbons (Fsp3) is 0.190. The maximum absolute atomic E-state index is 13.1. The van der Waals surface area contributed by atoms with Gasteiger partial charge in [0, 0.05) is 11.8 Å². The standard InChI is InChI=1S/C21H19N3O7/c1-4-31-17-10-13(9-16(18(17)25)24(29)30)8-14-19(26)22-21(28)23(20(14)27)15-7-11(2)5-6-12(15)3/h5-10,25H,4H2,1-3H3,(H,22,26,28)/p-1/b14-8+. The highest BCUT2D eigenvalue weighted by atomic mass is 16.6. The molecule has 1 N–H and O–H groups in total. The lowest BCUT2D eigenvalue weighted by atomic mass is 10.0. The van der Waals surface area contributed by atoms with E-state index >= 15 is 0 Å². The van der Waals surface area contributed by atoms with Crippen molar-refractivity contribution in [1.82, 2.24) is 5.32 Å². The van der Waals surface area contributed by atoms with Gasteiger partial charge in [-0.2, -0.15) is 0 Å². The lowest BCUT2D eigenvalue weighted by Crippen LogP contribution is -2.54. The van der Waals surface area contributed by atoms with Crippen LogP contribution in [0.15, 0.2) is 35.9 Å². The van der Waals surface area contributed by atoms with Gasteiger partial charge in [-0.1, -0.05) is 12.1 Å². The van der Waals surface area contributed by atoms with Gasteiger partial charge in [0.25, 0.3) is 17.5 Å². The van der Waals surface area contributed by atoms with E-state index in [4.69, 9.17) is 4.74 Å². The monoisotopic (exact) mass is 424 g/mol. The van der Waals surface area contributed by atoms with Crippen LogP contribution in [0.4, 0.5) is 16.2 Å². The van der Waals surface area contributed by atoms with Gasteiger partial charge in [0.15, 0.2) is 0 Å². The van der Waals surface area contributed by atoms with Crippen molar-refractivity contribution in [3.63, 3.8) is 0 Å². The summed E-state index contributed by atoms with van der Waals surface area (Å²) in [6.07, 6.45) is 1.08. The van der Waals surface area contributed by atoms with Crippen molar-refractivity contribution in [2.75, 3.05) is 11.5 Å². The van der Waals surface area contributed by atoms with Gasteiger partial charge in [-0.25, -0.2) is 9.69 Å². The number of nitro benzene ring substituents is 1. The molecule has 1 aliphatic heterocycles. The minimum Gasteiger partial charge on any atom is -0.865 e. The third-order valence-electron chi connectivity index (χ3n) is 4.57. The summed E-state index contributed by atoms with van der Waals surface area (Å²) in [4.78, 5) is 49.0. The predicted octanol–water partition coefficient (Wildman–Crippen LogP) is 2.35. The zero-order valence-corrected chi connectivity index (χ0v) is 16.9. The first-order chi connectivity index (χ1) is 14.6. The number of aryl methyl sites for hydroxylation is 2. The molecule has 10 nitrogen and oxygen atoms in total. The summed E-state index contributed by atoms with van der Waals surface area (Å²) in [7, 11) is 0. The second-order valence-corrected chi connectivity index (χ2v) is 6.81. The van der Waals surface area contributed by atoms with Crippen molar-refractivity contribution in [2.45, 2.75) is 20.8 Å². The van der Waals surface area contributed by atoms with Gasteiger partial charge in [-0.15, -0.1) is 0 Å². The van der Waals surface area contributed by atoms with E-state index in [-0.39, 0.29) is 17.9 Å². The predicted molar refractivity (Wildman–Crippen MR) is 109 cm³/mol. The SMILES string of the molecule is CCOc1cc(/C=C2\C(=O)NC(=O)N(c3cc(C)ccc3C)C2=O)cc([N+](=O)[O-])c1[O-]. The number of nitrogens with one attached hydrogen (secondary N) is 1. The Bertz CT molecular complexity index is 1150. The summed E-state index contributed by atoms with van der Waals surface area (Å²) in [6, 6.07) is 6.41. The summed E-state index contributed by atoms with van der Waals surface area (Å²) in [5.41, 5.74) is 0.583. The van der Waals surface area contributed by atoms with Crippen LogP contribution in [0.1, 0.15) is 23.6 Å². The molecule has 4 amide bonds. The number of nitro groups is 1. The zero-order valence-electron chi connectivity index (χ0n) is 16.9. The van der Waals surface area contributed by atoms with Crippen molar-refractivity contribution in [2.24, 2.45) is 0 Å². The Morgan fingerprint density at radius 2 is 1.87 bits per heavy atom. The Hall–Kier alpha value is -4.21. The third-order valence-corrected chi connectivity index (χ3v) is 4.57. The Balaban J connectivity index is 2.12. The molecule has 0 atom stereocenters. The lowest BCUT2D eigenvalue weighted by molar-refractivity contribution is -0.398. The second-order valence-electron chi connectivity index (χ2n) is 6.81. The maximum atomic E-state index is 13.1. The van der Waals surface area contributed by atoms with Crippen LogP contribution in [0.3, 0.4) is 0 Å². The highest BCUT2D eigenvalue weighted by Gasteiger charge is 2.37. The molecule has 31 heavy (non-hydrogen) atoms. The first-order valence-electron chi connectivity index (χ1n) is 9.25. The van der Waals surface area contributed by atoms with Crippen molar-refractivity contribution >= 4 is 35.3 Å². The molecule has 10 heteroatoms. The number of rotatable bonds is 5. The molecule has 1 fully saturated rings. The molecule has 0 spiro atoms. The van der Waals surface area contributed by atoms with Gasteiger partial charge < -0.3 is 9.84 Å². The topological polar surface area (TPSA) is 142 Å².